The zero-order chi connectivity index (χ0) is 10.9. The van der Waals surface area contributed by atoms with Gasteiger partial charge in [-0.2, -0.15) is 12.6 Å². The minimum atomic E-state index is 0.376. The molecule has 1 saturated heterocycles. The van der Waals surface area contributed by atoms with E-state index in [-0.39, 0.29) is 0 Å². The van der Waals surface area contributed by atoms with Crippen molar-refractivity contribution < 1.29 is 4.79 Å². The summed E-state index contributed by atoms with van der Waals surface area (Å²) in [5.74, 6) is 1.34. The van der Waals surface area contributed by atoms with Gasteiger partial charge in [-0.05, 0) is 31.4 Å². The number of carbonyl (C=O) groups is 1. The summed E-state index contributed by atoms with van der Waals surface area (Å²) < 4.78 is 0. The lowest BCUT2D eigenvalue weighted by Crippen LogP contribution is -2.33. The molecule has 0 spiro atoms. The van der Waals surface area contributed by atoms with Crippen LogP contribution < -0.4 is 0 Å². The minimum absolute atomic E-state index is 0.376. The highest BCUT2D eigenvalue weighted by atomic mass is 32.1. The molecule has 0 aromatic rings. The number of amides is 1. The molecule has 1 heterocycles. The number of likely N-dealkylation sites (tertiary alicyclic amines) is 1. The summed E-state index contributed by atoms with van der Waals surface area (Å²) in [7, 11) is 0. The first-order valence-electron chi connectivity index (χ1n) is 6.23. The molecule has 0 saturated carbocycles. The molecular weight excluding hydrogens is 206 g/mol. The van der Waals surface area contributed by atoms with Crippen LogP contribution in [0.5, 0.6) is 0 Å². The Labute approximate surface area is 98.8 Å². The first kappa shape index (κ1) is 12.9. The summed E-state index contributed by atoms with van der Waals surface area (Å²) in [6.45, 7) is 1.95. The summed E-state index contributed by atoms with van der Waals surface area (Å²) in [6, 6.07) is 0. The quantitative estimate of drug-likeness (QED) is 0.568. The van der Waals surface area contributed by atoms with Gasteiger partial charge >= 0.3 is 0 Å². The number of hydrogen-bond donors (Lipinski definition) is 1. The van der Waals surface area contributed by atoms with Gasteiger partial charge in [0.1, 0.15) is 0 Å². The van der Waals surface area contributed by atoms with Crippen molar-refractivity contribution in [1.82, 2.24) is 4.90 Å². The fraction of sp³-hybridized carbons (Fsp3) is 0.917. The molecule has 0 unspecified atom stereocenters. The van der Waals surface area contributed by atoms with Gasteiger partial charge < -0.3 is 4.90 Å². The van der Waals surface area contributed by atoms with Crippen LogP contribution >= 0.6 is 12.6 Å². The highest BCUT2D eigenvalue weighted by Crippen LogP contribution is 2.12. The predicted octanol–water partition coefficient (Wildman–Crippen LogP) is 2.88. The molecule has 0 bridgehead atoms. The Kier molecular flexibility index (Phi) is 6.90. The molecule has 1 aliphatic rings. The second-order valence-electron chi connectivity index (χ2n) is 4.33. The second-order valence-corrected chi connectivity index (χ2v) is 4.78. The van der Waals surface area contributed by atoms with Crippen LogP contribution in [0.3, 0.4) is 0 Å². The summed E-state index contributed by atoms with van der Waals surface area (Å²) in [5, 5.41) is 0. The Morgan fingerprint density at radius 2 is 1.87 bits per heavy atom. The molecule has 0 radical (unpaired) electrons. The van der Waals surface area contributed by atoms with Crippen LogP contribution in [0.25, 0.3) is 0 Å². The van der Waals surface area contributed by atoms with E-state index in [1.165, 1.54) is 32.1 Å². The maximum atomic E-state index is 11.7. The molecule has 2 nitrogen and oxygen atoms in total. The number of hydrogen-bond acceptors (Lipinski definition) is 2. The van der Waals surface area contributed by atoms with Crippen LogP contribution in [-0.2, 0) is 4.79 Å². The van der Waals surface area contributed by atoms with E-state index in [2.05, 4.69) is 17.5 Å². The molecule has 0 aliphatic carbocycles. The van der Waals surface area contributed by atoms with Gasteiger partial charge in [-0.3, -0.25) is 4.79 Å². The molecule has 88 valence electrons. The van der Waals surface area contributed by atoms with Crippen molar-refractivity contribution in [3.63, 3.8) is 0 Å². The largest absolute Gasteiger partial charge is 0.343 e. The van der Waals surface area contributed by atoms with Crippen molar-refractivity contribution >= 4 is 18.5 Å². The van der Waals surface area contributed by atoms with Crippen molar-refractivity contribution in [3.8, 4) is 0 Å². The van der Waals surface area contributed by atoms with Crippen LogP contribution in [0.1, 0.15) is 51.4 Å². The predicted molar refractivity (Wildman–Crippen MR) is 67.4 cm³/mol. The third-order valence-electron chi connectivity index (χ3n) is 3.01. The third kappa shape index (κ3) is 5.45. The van der Waals surface area contributed by atoms with Crippen molar-refractivity contribution in [2.45, 2.75) is 51.4 Å². The Balaban J connectivity index is 2.20. The van der Waals surface area contributed by atoms with Gasteiger partial charge in [-0.25, -0.2) is 0 Å². The summed E-state index contributed by atoms with van der Waals surface area (Å²) in [5.41, 5.74) is 0. The number of rotatable bonds is 5. The summed E-state index contributed by atoms with van der Waals surface area (Å²) in [4.78, 5) is 13.8. The maximum absolute atomic E-state index is 11.7. The number of thiol groups is 1. The topological polar surface area (TPSA) is 20.3 Å². The molecule has 1 rings (SSSR count). The van der Waals surface area contributed by atoms with Crippen molar-refractivity contribution in [1.29, 1.82) is 0 Å². The average Bonchev–Trinajstić information content (AvgIpc) is 2.22. The normalized spacial score (nSPS) is 18.7. The molecule has 0 N–H and O–H groups in total. The van der Waals surface area contributed by atoms with E-state index >= 15 is 0 Å². The molecular formula is C12H23NOS. The smallest absolute Gasteiger partial charge is 0.222 e. The van der Waals surface area contributed by atoms with Crippen LogP contribution in [-0.4, -0.2) is 29.6 Å². The molecule has 0 aromatic heterocycles. The fourth-order valence-electron chi connectivity index (χ4n) is 2.04. The first-order valence-corrected chi connectivity index (χ1v) is 6.86. The summed E-state index contributed by atoms with van der Waals surface area (Å²) in [6.07, 6.45) is 9.10. The lowest BCUT2D eigenvalue weighted by atomic mass is 10.1. The van der Waals surface area contributed by atoms with Gasteiger partial charge in [0.2, 0.25) is 5.91 Å². The monoisotopic (exact) mass is 229 g/mol. The molecule has 1 aliphatic heterocycles. The van der Waals surface area contributed by atoms with E-state index in [4.69, 9.17) is 0 Å². The lowest BCUT2D eigenvalue weighted by Gasteiger charge is -2.24. The average molecular weight is 229 g/mol. The van der Waals surface area contributed by atoms with Gasteiger partial charge in [-0.15, -0.1) is 0 Å². The number of nitrogens with zero attached hydrogens (tertiary/aromatic N) is 1. The van der Waals surface area contributed by atoms with E-state index in [0.717, 1.165) is 38.1 Å². The molecule has 1 fully saturated rings. The standard InChI is InChI=1S/C12H23NOS/c14-12-8-4-1-2-5-9-13(12)10-6-3-7-11-15/h15H,1-11H2. The van der Waals surface area contributed by atoms with Crippen molar-refractivity contribution in [2.75, 3.05) is 18.8 Å². The van der Waals surface area contributed by atoms with E-state index in [1.54, 1.807) is 0 Å². The van der Waals surface area contributed by atoms with Crippen LogP contribution in [0.4, 0.5) is 0 Å². The van der Waals surface area contributed by atoms with Gasteiger partial charge in [0.25, 0.3) is 0 Å². The SMILES string of the molecule is O=C1CCCCCCN1CCCCCS. The maximum Gasteiger partial charge on any atom is 0.222 e. The van der Waals surface area contributed by atoms with E-state index in [0.29, 0.717) is 5.91 Å². The molecule has 3 heteroatoms. The Morgan fingerprint density at radius 3 is 2.67 bits per heavy atom. The lowest BCUT2D eigenvalue weighted by molar-refractivity contribution is -0.131. The summed E-state index contributed by atoms with van der Waals surface area (Å²) >= 11 is 4.19. The van der Waals surface area contributed by atoms with Crippen LogP contribution in [0.15, 0.2) is 0 Å². The van der Waals surface area contributed by atoms with Crippen LogP contribution in [0.2, 0.25) is 0 Å². The zero-order valence-electron chi connectivity index (χ0n) is 9.58. The Morgan fingerprint density at radius 1 is 1.07 bits per heavy atom. The number of unbranched alkanes of at least 4 members (excludes halogenated alkanes) is 2. The van der Waals surface area contributed by atoms with E-state index in [9.17, 15) is 4.79 Å². The van der Waals surface area contributed by atoms with Crippen molar-refractivity contribution in [3.05, 3.63) is 0 Å². The van der Waals surface area contributed by atoms with Gasteiger partial charge in [0, 0.05) is 19.5 Å². The van der Waals surface area contributed by atoms with Crippen molar-refractivity contribution in [2.24, 2.45) is 0 Å². The highest BCUT2D eigenvalue weighted by Gasteiger charge is 2.14. The zero-order valence-corrected chi connectivity index (χ0v) is 10.5. The van der Waals surface area contributed by atoms with Gasteiger partial charge in [0.15, 0.2) is 0 Å². The first-order chi connectivity index (χ1) is 7.34. The second kappa shape index (κ2) is 8.03. The van der Waals surface area contributed by atoms with Crippen LogP contribution in [0, 0.1) is 0 Å². The fourth-order valence-corrected chi connectivity index (χ4v) is 2.27. The van der Waals surface area contributed by atoms with Gasteiger partial charge in [0.05, 0.1) is 0 Å². The van der Waals surface area contributed by atoms with Gasteiger partial charge in [-0.1, -0.05) is 19.3 Å². The molecule has 0 atom stereocenters. The minimum Gasteiger partial charge on any atom is -0.343 e. The third-order valence-corrected chi connectivity index (χ3v) is 3.32. The Hall–Kier alpha value is -0.180. The molecule has 0 aromatic carbocycles. The van der Waals surface area contributed by atoms with E-state index < -0.39 is 0 Å². The van der Waals surface area contributed by atoms with E-state index in [1.807, 2.05) is 0 Å². The number of carbonyl (C=O) groups excluding carboxylic acids is 1. The molecule has 15 heavy (non-hydrogen) atoms. The Bertz CT molecular complexity index is 184. The molecule has 1 amide bonds. The highest BCUT2D eigenvalue weighted by molar-refractivity contribution is 7.80.